The quantitative estimate of drug-likeness (QED) is 0.104. The molecule has 4 rings (SSSR count). The van der Waals surface area contributed by atoms with E-state index in [1.54, 1.807) is 24.3 Å². The number of hydrogen-bond donors (Lipinski definition) is 6. The fourth-order valence-corrected chi connectivity index (χ4v) is 6.31. The highest BCUT2D eigenvalue weighted by Crippen LogP contribution is 2.28. The minimum atomic E-state index is -2.20. The average Bonchev–Trinajstić information content (AvgIpc) is 3.64. The zero-order valence-corrected chi connectivity index (χ0v) is 29.9. The lowest BCUT2D eigenvalue weighted by Gasteiger charge is -2.40. The fourth-order valence-electron chi connectivity index (χ4n) is 6.31. The van der Waals surface area contributed by atoms with Gasteiger partial charge in [-0.05, 0) is 48.3 Å². The van der Waals surface area contributed by atoms with Crippen LogP contribution in [0.15, 0.2) is 103 Å². The summed E-state index contributed by atoms with van der Waals surface area (Å²) < 4.78 is 11.2. The molecule has 5 unspecified atom stereocenters. The van der Waals surface area contributed by atoms with Crippen molar-refractivity contribution in [2.45, 2.75) is 95.4 Å². The molecule has 12 nitrogen and oxygen atoms in total. The zero-order valence-electron chi connectivity index (χ0n) is 29.9. The molecule has 0 aromatic heterocycles. The molecule has 6 N–H and O–H groups in total. The third kappa shape index (κ3) is 10.6. The number of aliphatic hydroxyl groups is 1. The van der Waals surface area contributed by atoms with E-state index in [4.69, 9.17) is 9.47 Å². The Morgan fingerprint density at radius 1 is 0.885 bits per heavy atom. The first-order chi connectivity index (χ1) is 25.0. The van der Waals surface area contributed by atoms with Crippen molar-refractivity contribution in [1.29, 1.82) is 0 Å². The Kier molecular flexibility index (Phi) is 14.2. The van der Waals surface area contributed by atoms with Crippen LogP contribution in [0.25, 0.3) is 0 Å². The third-order valence-corrected chi connectivity index (χ3v) is 8.99. The number of amides is 3. The van der Waals surface area contributed by atoms with Gasteiger partial charge in [0.25, 0.3) is 11.6 Å². The summed E-state index contributed by atoms with van der Waals surface area (Å²) >= 11 is 0. The molecular formula is C40H50N4O8. The van der Waals surface area contributed by atoms with Gasteiger partial charge in [-0.25, -0.2) is 9.59 Å². The maximum atomic E-state index is 14.3. The first kappa shape index (κ1) is 39.4. The van der Waals surface area contributed by atoms with E-state index in [1.807, 2.05) is 87.5 Å². The number of carboxylic acid groups (broad SMARTS) is 1. The zero-order chi connectivity index (χ0) is 37.6. The lowest BCUT2D eigenvalue weighted by Crippen LogP contribution is -2.71. The van der Waals surface area contributed by atoms with Crippen LogP contribution in [0.5, 0.6) is 0 Å². The summed E-state index contributed by atoms with van der Waals surface area (Å²) in [5.74, 6) is -2.76. The van der Waals surface area contributed by atoms with Crippen molar-refractivity contribution in [2.24, 2.45) is 5.92 Å². The number of ether oxygens (including phenoxy) is 2. The maximum Gasteiger partial charge on any atom is 0.408 e. The van der Waals surface area contributed by atoms with Gasteiger partial charge in [0.1, 0.15) is 30.6 Å². The molecule has 278 valence electrons. The summed E-state index contributed by atoms with van der Waals surface area (Å²) in [6.45, 7) is 5.63. The number of aliphatic hydroxyl groups excluding tert-OH is 1. The van der Waals surface area contributed by atoms with Crippen LogP contribution in [0, 0.1) is 5.92 Å². The summed E-state index contributed by atoms with van der Waals surface area (Å²) in [7, 11) is 0. The predicted octanol–water partition coefficient (Wildman–Crippen LogP) is 4.58. The van der Waals surface area contributed by atoms with E-state index in [1.165, 1.54) is 12.5 Å². The summed E-state index contributed by atoms with van der Waals surface area (Å²) in [4.78, 5) is 54.1. The van der Waals surface area contributed by atoms with E-state index in [2.05, 4.69) is 21.3 Å². The summed E-state index contributed by atoms with van der Waals surface area (Å²) in [6.07, 6.45) is 1.36. The molecular weight excluding hydrogens is 664 g/mol. The van der Waals surface area contributed by atoms with E-state index in [9.17, 15) is 29.4 Å². The van der Waals surface area contributed by atoms with Crippen LogP contribution >= 0.6 is 0 Å². The smallest absolute Gasteiger partial charge is 0.408 e. The maximum absolute atomic E-state index is 14.3. The summed E-state index contributed by atoms with van der Waals surface area (Å²) in [5, 5.41) is 33.7. The molecule has 12 heteroatoms. The van der Waals surface area contributed by atoms with Crippen molar-refractivity contribution in [3.63, 3.8) is 0 Å². The average molecular weight is 715 g/mol. The Morgan fingerprint density at radius 3 is 2.02 bits per heavy atom. The summed E-state index contributed by atoms with van der Waals surface area (Å²) in [5.41, 5.74) is -1.53. The van der Waals surface area contributed by atoms with Gasteiger partial charge in [0.2, 0.25) is 5.91 Å². The van der Waals surface area contributed by atoms with Gasteiger partial charge in [0.15, 0.2) is 0 Å². The molecule has 5 atom stereocenters. The second kappa shape index (κ2) is 18.8. The fraction of sp³-hybridized carbons (Fsp3) is 0.400. The van der Waals surface area contributed by atoms with Gasteiger partial charge in [0, 0.05) is 12.6 Å². The Balaban J connectivity index is 1.60. The number of aliphatic carboxylic acids is 1. The van der Waals surface area contributed by atoms with Gasteiger partial charge < -0.3 is 41.0 Å². The van der Waals surface area contributed by atoms with Crippen molar-refractivity contribution in [3.8, 4) is 0 Å². The molecule has 3 amide bonds. The lowest BCUT2D eigenvalue weighted by atomic mass is 9.85. The van der Waals surface area contributed by atoms with Gasteiger partial charge in [0.05, 0.1) is 6.04 Å². The lowest BCUT2D eigenvalue weighted by molar-refractivity contribution is -0.165. The molecule has 52 heavy (non-hydrogen) atoms. The number of carboxylic acids is 1. The van der Waals surface area contributed by atoms with Crippen LogP contribution in [-0.4, -0.2) is 63.5 Å². The highest BCUT2D eigenvalue weighted by atomic mass is 16.5. The number of alkyl carbamates (subject to hydrolysis) is 1. The van der Waals surface area contributed by atoms with Crippen LogP contribution in [0.4, 0.5) is 4.79 Å². The first-order valence-corrected chi connectivity index (χ1v) is 17.7. The Morgan fingerprint density at radius 2 is 1.48 bits per heavy atom. The molecule has 0 saturated heterocycles. The molecule has 0 aliphatic carbocycles. The molecule has 3 aromatic rings. The van der Waals surface area contributed by atoms with E-state index in [0.29, 0.717) is 18.4 Å². The molecule has 0 spiro atoms. The SMILES string of the molecule is CCCC(Cc1ccccc1)(NC(=O)C1(C(O)C(CCc2ccccc2)NC(=O)C(CC(C)C)NC(=O)OCc2ccccc2)NC=CO1)C(=O)O. The standard InChI is InChI=1S/C40H50N4O8/c1-4-22-39(37(48)49,26-30-16-10-6-11-17-30)44-36(47)40(41-23-24-52-40)34(45)32(21-20-29-14-8-5-9-15-29)42-35(46)33(25-28(2)3)43-38(50)51-27-31-18-12-7-13-19-31/h5-19,23-24,28,32-34,41,45H,4,20-22,25-27H2,1-3H3,(H,42,46)(H,43,50)(H,44,47)(H,48,49). The Labute approximate surface area is 305 Å². The van der Waals surface area contributed by atoms with Crippen LogP contribution in [0.2, 0.25) is 0 Å². The molecule has 0 saturated carbocycles. The second-order valence-electron chi connectivity index (χ2n) is 13.5. The van der Waals surface area contributed by atoms with Gasteiger partial charge in [-0.2, -0.15) is 0 Å². The number of nitrogens with one attached hydrogen (secondary N) is 4. The van der Waals surface area contributed by atoms with E-state index < -0.39 is 53.3 Å². The van der Waals surface area contributed by atoms with Gasteiger partial charge in [-0.1, -0.05) is 118 Å². The number of hydrogen-bond acceptors (Lipinski definition) is 8. The molecule has 1 aliphatic heterocycles. The third-order valence-electron chi connectivity index (χ3n) is 8.99. The van der Waals surface area contributed by atoms with Crippen molar-refractivity contribution in [2.75, 3.05) is 0 Å². The van der Waals surface area contributed by atoms with Crippen molar-refractivity contribution < 1.29 is 38.9 Å². The molecule has 0 radical (unpaired) electrons. The van der Waals surface area contributed by atoms with Gasteiger partial charge in [-0.3, -0.25) is 9.59 Å². The van der Waals surface area contributed by atoms with Crippen LogP contribution in [0.1, 0.15) is 63.1 Å². The van der Waals surface area contributed by atoms with E-state index in [0.717, 1.165) is 11.1 Å². The summed E-state index contributed by atoms with van der Waals surface area (Å²) in [6, 6.07) is 25.4. The van der Waals surface area contributed by atoms with Crippen molar-refractivity contribution >= 4 is 23.9 Å². The second-order valence-corrected chi connectivity index (χ2v) is 13.5. The molecule has 1 heterocycles. The van der Waals surface area contributed by atoms with Gasteiger partial charge in [-0.15, -0.1) is 0 Å². The molecule has 1 aliphatic rings. The molecule has 3 aromatic carbocycles. The van der Waals surface area contributed by atoms with Crippen molar-refractivity contribution in [3.05, 3.63) is 120 Å². The first-order valence-electron chi connectivity index (χ1n) is 17.7. The van der Waals surface area contributed by atoms with E-state index in [-0.39, 0.29) is 38.2 Å². The molecule has 0 bridgehead atoms. The number of carbonyl (C=O) groups is 4. The minimum Gasteiger partial charge on any atom is -0.479 e. The Hall–Kier alpha value is -5.36. The van der Waals surface area contributed by atoms with Crippen LogP contribution in [0.3, 0.4) is 0 Å². The normalized spacial score (nSPS) is 17.8. The number of benzene rings is 3. The monoisotopic (exact) mass is 714 g/mol. The van der Waals surface area contributed by atoms with Crippen LogP contribution < -0.4 is 21.3 Å². The van der Waals surface area contributed by atoms with Crippen molar-refractivity contribution in [1.82, 2.24) is 21.3 Å². The topological polar surface area (TPSA) is 175 Å². The minimum absolute atomic E-state index is 0.00802. The van der Waals surface area contributed by atoms with Crippen LogP contribution in [-0.2, 0) is 43.3 Å². The van der Waals surface area contributed by atoms with E-state index >= 15 is 0 Å². The number of carbonyl (C=O) groups excluding carboxylic acids is 3. The number of rotatable bonds is 19. The Bertz CT molecular complexity index is 1630. The highest BCUT2D eigenvalue weighted by molar-refractivity contribution is 5.93. The predicted molar refractivity (Wildman–Crippen MR) is 195 cm³/mol. The van der Waals surface area contributed by atoms with Gasteiger partial charge >= 0.3 is 12.1 Å². The highest BCUT2D eigenvalue weighted by Gasteiger charge is 2.55. The largest absolute Gasteiger partial charge is 0.479 e. The molecule has 0 fully saturated rings. The number of aryl methyl sites for hydroxylation is 1.